The summed E-state index contributed by atoms with van der Waals surface area (Å²) in [6.07, 6.45) is 3.92. The normalized spacial score (nSPS) is 20.9. The lowest BCUT2D eigenvalue weighted by Gasteiger charge is -2.50. The predicted molar refractivity (Wildman–Crippen MR) is 111 cm³/mol. The largest absolute Gasteiger partial charge is 0.381 e. The Hall–Kier alpha value is -1.75. The zero-order valence-electron chi connectivity index (χ0n) is 16.7. The third-order valence-electron chi connectivity index (χ3n) is 6.53. The van der Waals surface area contributed by atoms with Crippen molar-refractivity contribution in [2.75, 3.05) is 39.4 Å². The van der Waals surface area contributed by atoms with Gasteiger partial charge in [0.15, 0.2) is 0 Å². The SMILES string of the molecule is Fc1ccccc1CCC1(N2CCN(Cc3ccccc3)CC2)CCOCC1. The van der Waals surface area contributed by atoms with Gasteiger partial charge in [-0.2, -0.15) is 0 Å². The van der Waals surface area contributed by atoms with Crippen LogP contribution in [0.15, 0.2) is 54.6 Å². The summed E-state index contributed by atoms with van der Waals surface area (Å²) in [5.74, 6) is -0.0719. The number of benzene rings is 2. The van der Waals surface area contributed by atoms with E-state index >= 15 is 0 Å². The highest BCUT2D eigenvalue weighted by Crippen LogP contribution is 2.34. The van der Waals surface area contributed by atoms with Crippen molar-refractivity contribution in [3.8, 4) is 0 Å². The molecule has 2 heterocycles. The number of rotatable bonds is 6. The molecule has 0 N–H and O–H groups in total. The Kier molecular flexibility index (Phi) is 6.40. The molecule has 0 amide bonds. The summed E-state index contributed by atoms with van der Waals surface area (Å²) in [6, 6.07) is 17.9. The van der Waals surface area contributed by atoms with Gasteiger partial charge in [-0.3, -0.25) is 9.80 Å². The summed E-state index contributed by atoms with van der Waals surface area (Å²) in [5.41, 5.74) is 2.38. The van der Waals surface area contributed by atoms with Gasteiger partial charge in [-0.15, -0.1) is 0 Å². The zero-order chi connectivity index (χ0) is 19.2. The van der Waals surface area contributed by atoms with Gasteiger partial charge in [-0.25, -0.2) is 4.39 Å². The molecule has 0 aromatic heterocycles. The predicted octanol–water partition coefficient (Wildman–Crippen LogP) is 4.13. The molecule has 28 heavy (non-hydrogen) atoms. The molecular formula is C24H31FN2O. The first-order valence-corrected chi connectivity index (χ1v) is 10.6. The molecule has 2 aromatic carbocycles. The van der Waals surface area contributed by atoms with Crippen LogP contribution in [0.5, 0.6) is 0 Å². The molecule has 2 saturated heterocycles. The van der Waals surface area contributed by atoms with Crippen molar-refractivity contribution in [1.82, 2.24) is 9.80 Å². The van der Waals surface area contributed by atoms with E-state index in [1.54, 1.807) is 12.1 Å². The molecule has 2 aliphatic heterocycles. The second-order valence-corrected chi connectivity index (χ2v) is 8.18. The van der Waals surface area contributed by atoms with E-state index < -0.39 is 0 Å². The highest BCUT2D eigenvalue weighted by molar-refractivity contribution is 5.18. The van der Waals surface area contributed by atoms with E-state index in [9.17, 15) is 4.39 Å². The molecule has 4 rings (SSSR count). The third-order valence-corrected chi connectivity index (χ3v) is 6.53. The van der Waals surface area contributed by atoms with Crippen LogP contribution >= 0.6 is 0 Å². The first kappa shape index (κ1) is 19.6. The van der Waals surface area contributed by atoms with Crippen LogP contribution < -0.4 is 0 Å². The maximum absolute atomic E-state index is 14.1. The second-order valence-electron chi connectivity index (χ2n) is 8.18. The number of ether oxygens (including phenoxy) is 1. The van der Waals surface area contributed by atoms with E-state index in [1.807, 2.05) is 12.1 Å². The summed E-state index contributed by atoms with van der Waals surface area (Å²) in [4.78, 5) is 5.23. The molecule has 2 aromatic rings. The average Bonchev–Trinajstić information content (AvgIpc) is 2.75. The molecule has 3 nitrogen and oxygen atoms in total. The topological polar surface area (TPSA) is 15.7 Å². The average molecular weight is 383 g/mol. The number of halogens is 1. The Balaban J connectivity index is 1.38. The van der Waals surface area contributed by atoms with Gasteiger partial charge in [-0.05, 0) is 42.9 Å². The molecule has 0 unspecified atom stereocenters. The van der Waals surface area contributed by atoms with Gasteiger partial charge < -0.3 is 4.74 Å². The number of nitrogens with zero attached hydrogens (tertiary/aromatic N) is 2. The maximum atomic E-state index is 14.1. The first-order valence-electron chi connectivity index (χ1n) is 10.6. The molecule has 150 valence electrons. The van der Waals surface area contributed by atoms with E-state index in [1.165, 1.54) is 5.56 Å². The fourth-order valence-corrected chi connectivity index (χ4v) is 4.77. The summed E-state index contributed by atoms with van der Waals surface area (Å²) in [6.45, 7) is 7.03. The Bertz CT molecular complexity index is 737. The van der Waals surface area contributed by atoms with Gasteiger partial charge in [0.2, 0.25) is 0 Å². The zero-order valence-corrected chi connectivity index (χ0v) is 16.7. The number of piperazine rings is 1. The van der Waals surface area contributed by atoms with E-state index in [2.05, 4.69) is 40.1 Å². The first-order chi connectivity index (χ1) is 13.8. The fourth-order valence-electron chi connectivity index (χ4n) is 4.77. The Labute approximate surface area is 168 Å². The van der Waals surface area contributed by atoms with Crippen LogP contribution in [0.2, 0.25) is 0 Å². The van der Waals surface area contributed by atoms with E-state index in [0.717, 1.165) is 77.2 Å². The van der Waals surface area contributed by atoms with Crippen molar-refractivity contribution in [2.45, 2.75) is 37.8 Å². The minimum Gasteiger partial charge on any atom is -0.381 e. The van der Waals surface area contributed by atoms with Crippen molar-refractivity contribution in [3.05, 3.63) is 71.5 Å². The van der Waals surface area contributed by atoms with E-state index in [4.69, 9.17) is 4.74 Å². The summed E-state index contributed by atoms with van der Waals surface area (Å²) < 4.78 is 19.8. The second kappa shape index (κ2) is 9.17. The van der Waals surface area contributed by atoms with Crippen LogP contribution in [0.25, 0.3) is 0 Å². The van der Waals surface area contributed by atoms with Gasteiger partial charge in [0.25, 0.3) is 0 Å². The number of hydrogen-bond donors (Lipinski definition) is 0. The molecule has 0 spiro atoms. The third kappa shape index (κ3) is 4.62. The maximum Gasteiger partial charge on any atom is 0.126 e. The molecular weight excluding hydrogens is 351 g/mol. The minimum atomic E-state index is -0.0719. The van der Waals surface area contributed by atoms with Crippen molar-refractivity contribution >= 4 is 0 Å². The van der Waals surface area contributed by atoms with Crippen LogP contribution in [0.4, 0.5) is 4.39 Å². The Morgan fingerprint density at radius 2 is 1.54 bits per heavy atom. The minimum absolute atomic E-state index is 0.0719. The fraction of sp³-hybridized carbons (Fsp3) is 0.500. The quantitative estimate of drug-likeness (QED) is 0.747. The molecule has 0 radical (unpaired) electrons. The van der Waals surface area contributed by atoms with Crippen LogP contribution in [-0.2, 0) is 17.7 Å². The Morgan fingerprint density at radius 3 is 2.25 bits per heavy atom. The van der Waals surface area contributed by atoms with Gasteiger partial charge in [0.05, 0.1) is 0 Å². The van der Waals surface area contributed by atoms with Gasteiger partial charge in [-0.1, -0.05) is 48.5 Å². The smallest absolute Gasteiger partial charge is 0.126 e. The lowest BCUT2D eigenvalue weighted by atomic mass is 9.81. The molecule has 4 heteroatoms. The van der Waals surface area contributed by atoms with E-state index in [0.29, 0.717) is 0 Å². The van der Waals surface area contributed by atoms with Crippen molar-refractivity contribution in [2.24, 2.45) is 0 Å². The van der Waals surface area contributed by atoms with Gasteiger partial charge in [0, 0.05) is 51.5 Å². The van der Waals surface area contributed by atoms with Crippen molar-refractivity contribution < 1.29 is 9.13 Å². The summed E-state index contributed by atoms with van der Waals surface area (Å²) in [5, 5.41) is 0. The van der Waals surface area contributed by atoms with Crippen molar-refractivity contribution in [3.63, 3.8) is 0 Å². The van der Waals surface area contributed by atoms with Crippen LogP contribution in [0.3, 0.4) is 0 Å². The van der Waals surface area contributed by atoms with Crippen LogP contribution in [0, 0.1) is 5.82 Å². The highest BCUT2D eigenvalue weighted by atomic mass is 19.1. The molecule has 0 aliphatic carbocycles. The van der Waals surface area contributed by atoms with E-state index in [-0.39, 0.29) is 11.4 Å². The lowest BCUT2D eigenvalue weighted by Crippen LogP contribution is -2.59. The number of hydrogen-bond acceptors (Lipinski definition) is 3. The van der Waals surface area contributed by atoms with Crippen molar-refractivity contribution in [1.29, 1.82) is 0 Å². The molecule has 0 bridgehead atoms. The molecule has 2 fully saturated rings. The molecule has 2 aliphatic rings. The lowest BCUT2D eigenvalue weighted by molar-refractivity contribution is -0.0521. The van der Waals surface area contributed by atoms with Crippen LogP contribution in [0.1, 0.15) is 30.4 Å². The van der Waals surface area contributed by atoms with Crippen LogP contribution in [-0.4, -0.2) is 54.7 Å². The Morgan fingerprint density at radius 1 is 0.857 bits per heavy atom. The highest BCUT2D eigenvalue weighted by Gasteiger charge is 2.39. The monoisotopic (exact) mass is 382 g/mol. The standard InChI is InChI=1S/C24H31FN2O/c25-23-9-5-4-8-22(23)10-11-24(12-18-28-19-13-24)27-16-14-26(15-17-27)20-21-6-2-1-3-7-21/h1-9H,10-20H2. The summed E-state index contributed by atoms with van der Waals surface area (Å²) in [7, 11) is 0. The molecule has 0 saturated carbocycles. The van der Waals surface area contributed by atoms with Gasteiger partial charge in [0.1, 0.15) is 5.82 Å². The van der Waals surface area contributed by atoms with Gasteiger partial charge >= 0.3 is 0 Å². The molecule has 0 atom stereocenters. The number of aryl methyl sites for hydroxylation is 1. The summed E-state index contributed by atoms with van der Waals surface area (Å²) >= 11 is 0.